The van der Waals surface area contributed by atoms with Crippen molar-refractivity contribution < 1.29 is 62.4 Å². The van der Waals surface area contributed by atoms with Crippen molar-refractivity contribution in [3.05, 3.63) is 41.3 Å². The van der Waals surface area contributed by atoms with Gasteiger partial charge in [-0.05, 0) is 6.07 Å². The molecule has 0 saturated carbocycles. The van der Waals surface area contributed by atoms with Crippen LogP contribution in [0.2, 0.25) is 0 Å². The average Bonchev–Trinajstić information content (AvgIpc) is 2.53. The van der Waals surface area contributed by atoms with Gasteiger partial charge in [0.15, 0.2) is 0 Å². The zero-order valence-corrected chi connectivity index (χ0v) is 18.6. The molecule has 0 amide bonds. The summed E-state index contributed by atoms with van der Waals surface area (Å²) in [5, 5.41) is 12.4. The predicted molar refractivity (Wildman–Crippen MR) is 96.8 cm³/mol. The van der Waals surface area contributed by atoms with Crippen molar-refractivity contribution in [3.8, 4) is 0 Å². The molecule has 13 heteroatoms. The molecule has 1 aromatic heterocycles. The maximum absolute atomic E-state index is 13.1. The number of nitrogens with one attached hydrogen (secondary N) is 4. The summed E-state index contributed by atoms with van der Waals surface area (Å²) in [6.45, 7) is -0.258. The Morgan fingerprint density at radius 2 is 2.00 bits per heavy atom. The molecule has 0 aliphatic carbocycles. The minimum Gasteiger partial charge on any atom is -0.698 e. The van der Waals surface area contributed by atoms with Crippen LogP contribution < -0.4 is 10.6 Å². The van der Waals surface area contributed by atoms with Crippen LogP contribution in [0.4, 0.5) is 36.3 Å². The Morgan fingerprint density at radius 3 is 2.57 bits per heavy atom. The molecule has 28 heavy (non-hydrogen) atoms. The molecule has 0 bridgehead atoms. The van der Waals surface area contributed by atoms with Crippen LogP contribution in [0.3, 0.4) is 0 Å². The van der Waals surface area contributed by atoms with Gasteiger partial charge in [0.1, 0.15) is 21.2 Å². The normalized spacial score (nSPS) is 11.4. The van der Waals surface area contributed by atoms with Crippen molar-refractivity contribution >= 4 is 39.2 Å². The second-order valence-corrected chi connectivity index (χ2v) is 7.81. The van der Waals surface area contributed by atoms with Crippen molar-refractivity contribution in [2.24, 2.45) is 0 Å². The van der Waals surface area contributed by atoms with Crippen molar-refractivity contribution in [2.75, 3.05) is 29.2 Å². The van der Waals surface area contributed by atoms with Gasteiger partial charge in [0.25, 0.3) is 0 Å². The maximum Gasteiger partial charge on any atom is 0.421 e. The van der Waals surface area contributed by atoms with E-state index in [1.807, 2.05) is 0 Å². The predicted octanol–water partition coefficient (Wildman–Crippen LogP) is 3.38. The van der Waals surface area contributed by atoms with Crippen LogP contribution in [0.25, 0.3) is 5.73 Å². The van der Waals surface area contributed by atoms with Crippen molar-refractivity contribution in [1.29, 1.82) is 5.41 Å². The molecule has 0 unspecified atom stereocenters. The molecule has 0 radical (unpaired) electrons. The number of halogens is 3. The van der Waals surface area contributed by atoms with Gasteiger partial charge in [-0.3, -0.25) is 0 Å². The van der Waals surface area contributed by atoms with Gasteiger partial charge in [-0.25, -0.2) is 13.4 Å². The third-order valence-corrected chi connectivity index (χ3v) is 4.30. The molecule has 1 aromatic carbocycles. The summed E-state index contributed by atoms with van der Waals surface area (Å²) in [5.74, 6) is -1.13. The van der Waals surface area contributed by atoms with Crippen molar-refractivity contribution in [3.63, 3.8) is 0 Å². The van der Waals surface area contributed by atoms with Gasteiger partial charge < -0.3 is 21.8 Å². The standard InChI is InChI=1S/C15H16F3N6O2S.Nd/c1-27(25,26)6-5-21-13-10(15(16,17)18)8-22-14(24-13)23-12-4-2-3-11(20)9(12)7-19;/h2-4,7-8,19-20H,5-6H2,1H3,(H2,21,22,23,24);/q-1;. The molecule has 0 spiro atoms. The summed E-state index contributed by atoms with van der Waals surface area (Å²) in [4.78, 5) is 7.40. The number of aromatic nitrogens is 2. The number of alkyl halides is 3. The Hall–Kier alpha value is -1.54. The molecule has 4 N–H and O–H groups in total. The van der Waals surface area contributed by atoms with E-state index < -0.39 is 27.4 Å². The van der Waals surface area contributed by atoms with E-state index in [1.54, 1.807) is 0 Å². The van der Waals surface area contributed by atoms with Crippen LogP contribution >= 0.6 is 0 Å². The molecular weight excluding hydrogens is 530 g/mol. The first kappa shape index (κ1) is 24.5. The van der Waals surface area contributed by atoms with E-state index in [2.05, 4.69) is 20.6 Å². The Labute approximate surface area is 192 Å². The van der Waals surface area contributed by atoms with Crippen LogP contribution in [-0.4, -0.2) is 43.2 Å². The molecule has 2 rings (SSSR count). The van der Waals surface area contributed by atoms with Gasteiger partial charge in [0.2, 0.25) is 5.95 Å². The third-order valence-electron chi connectivity index (χ3n) is 3.36. The maximum atomic E-state index is 13.1. The van der Waals surface area contributed by atoms with Gasteiger partial charge in [0.05, 0.1) is 5.75 Å². The van der Waals surface area contributed by atoms with E-state index in [1.165, 1.54) is 18.2 Å². The third kappa shape index (κ3) is 6.81. The van der Waals surface area contributed by atoms with E-state index in [0.717, 1.165) is 12.5 Å². The molecule has 0 atom stereocenters. The second kappa shape index (κ2) is 9.78. The smallest absolute Gasteiger partial charge is 0.421 e. The monoisotopic (exact) mass is 543 g/mol. The van der Waals surface area contributed by atoms with E-state index in [0.29, 0.717) is 6.20 Å². The molecular formula is C15H16F3N6NdO2S-. The summed E-state index contributed by atoms with van der Waals surface area (Å²) in [7, 11) is -3.36. The Bertz CT molecular complexity index is 953. The number of sulfone groups is 1. The first-order valence-electron chi connectivity index (χ1n) is 7.49. The number of nitrogens with zero attached hydrogens (tertiary/aromatic N) is 2. The van der Waals surface area contributed by atoms with E-state index in [-0.39, 0.29) is 76.0 Å². The Balaban J connectivity index is 0.00000392. The molecule has 0 aliphatic heterocycles. The average molecular weight is 546 g/mol. The summed E-state index contributed by atoms with van der Waals surface area (Å²) >= 11 is 0. The van der Waals surface area contributed by atoms with Crippen LogP contribution in [0.15, 0.2) is 24.4 Å². The summed E-state index contributed by atoms with van der Waals surface area (Å²) in [5.41, 5.74) is 7.14. The van der Waals surface area contributed by atoms with Crippen LogP contribution in [-0.2, 0) is 16.0 Å². The topological polar surface area (TPSA) is 132 Å². The fraction of sp³-hybridized carbons (Fsp3) is 0.267. The number of anilines is 3. The number of hydrogen-bond acceptors (Lipinski definition) is 7. The molecule has 1 heterocycles. The molecule has 0 aliphatic rings. The fourth-order valence-corrected chi connectivity index (χ4v) is 2.56. The molecule has 0 fully saturated rings. The number of hydrogen-bond donors (Lipinski definition) is 3. The van der Waals surface area contributed by atoms with Gasteiger partial charge in [-0.15, -0.1) is 5.69 Å². The quantitative estimate of drug-likeness (QED) is 0.457. The van der Waals surface area contributed by atoms with Gasteiger partial charge in [-0.2, -0.15) is 18.2 Å². The first-order chi connectivity index (χ1) is 12.5. The summed E-state index contributed by atoms with van der Waals surface area (Å²) in [6.07, 6.45) is -2.25. The van der Waals surface area contributed by atoms with Gasteiger partial charge in [-0.1, -0.05) is 12.1 Å². The minimum atomic E-state index is -4.73. The Kier molecular flexibility index (Phi) is 8.56. The fourth-order valence-electron chi connectivity index (χ4n) is 2.09. The van der Waals surface area contributed by atoms with Gasteiger partial charge >= 0.3 is 6.18 Å². The molecule has 8 nitrogen and oxygen atoms in total. The summed E-state index contributed by atoms with van der Waals surface area (Å²) in [6, 6.07) is 4.51. The summed E-state index contributed by atoms with van der Waals surface area (Å²) < 4.78 is 61.7. The van der Waals surface area contributed by atoms with Crippen molar-refractivity contribution in [2.45, 2.75) is 6.18 Å². The zero-order chi connectivity index (χ0) is 20.2. The number of benzene rings is 1. The number of rotatable bonds is 7. The minimum absolute atomic E-state index is 0. The molecule has 2 aromatic rings. The molecule has 0 saturated heterocycles. The SMILES string of the molecule is CS(=O)(=O)CCNc1nc(Nc2cccc([NH-])c2C=N)ncc1C(F)(F)F.[Nd]. The second-order valence-electron chi connectivity index (χ2n) is 5.55. The Morgan fingerprint density at radius 1 is 1.32 bits per heavy atom. The molecule has 150 valence electrons. The zero-order valence-electron chi connectivity index (χ0n) is 14.6. The van der Waals surface area contributed by atoms with Crippen molar-refractivity contribution in [1.82, 2.24) is 9.97 Å². The largest absolute Gasteiger partial charge is 0.698 e. The van der Waals surface area contributed by atoms with E-state index >= 15 is 0 Å². The van der Waals surface area contributed by atoms with Gasteiger partial charge in [0, 0.05) is 77.3 Å². The van der Waals surface area contributed by atoms with Crippen LogP contribution in [0.5, 0.6) is 0 Å². The first-order valence-corrected chi connectivity index (χ1v) is 9.55. The van der Waals surface area contributed by atoms with Crippen LogP contribution in [0, 0.1) is 46.2 Å². The van der Waals surface area contributed by atoms with E-state index in [4.69, 9.17) is 11.1 Å². The van der Waals surface area contributed by atoms with E-state index in [9.17, 15) is 21.6 Å². The van der Waals surface area contributed by atoms with Crippen LogP contribution in [0.1, 0.15) is 11.1 Å².